The zero-order chi connectivity index (χ0) is 8.53. The van der Waals surface area contributed by atoms with Gasteiger partial charge in [0.05, 0.1) is 0 Å². The normalized spacial score (nSPS) is 13.1. The van der Waals surface area contributed by atoms with Gasteiger partial charge in [-0.3, -0.25) is 0 Å². The minimum absolute atomic E-state index is 0.697. The third kappa shape index (κ3) is 9.08. The molecule has 0 aromatic heterocycles. The molecule has 0 unspecified atom stereocenters. The zero-order valence-electron chi connectivity index (χ0n) is 7.49. The van der Waals surface area contributed by atoms with Gasteiger partial charge in [-0.05, 0) is 19.3 Å². The average molecular weight is 152 g/mol. The third-order valence-electron chi connectivity index (χ3n) is 1.06. The second-order valence-corrected chi connectivity index (χ2v) is 2.73. The molecule has 0 bridgehead atoms. The Morgan fingerprint density at radius 1 is 1.18 bits per heavy atom. The van der Waals surface area contributed by atoms with E-state index in [-0.39, 0.29) is 0 Å². The Balaban J connectivity index is 3.44. The van der Waals surface area contributed by atoms with E-state index in [0.29, 0.717) is 5.92 Å². The van der Waals surface area contributed by atoms with Crippen molar-refractivity contribution in [3.63, 3.8) is 0 Å². The van der Waals surface area contributed by atoms with Crippen molar-refractivity contribution in [1.82, 2.24) is 0 Å². The summed E-state index contributed by atoms with van der Waals surface area (Å²) in [6.45, 7) is 6.26. The van der Waals surface area contributed by atoms with E-state index < -0.39 is 0 Å². The summed E-state index contributed by atoms with van der Waals surface area (Å²) < 4.78 is 0. The van der Waals surface area contributed by atoms with Crippen molar-refractivity contribution < 1.29 is 0 Å². The number of rotatable bonds is 4. The lowest BCUT2D eigenvalue weighted by Crippen LogP contribution is -1.80. The minimum Gasteiger partial charge on any atom is -0.160 e. The lowest BCUT2D eigenvalue weighted by molar-refractivity contribution is 0.663. The first-order valence-corrected chi connectivity index (χ1v) is 3.93. The average Bonchev–Trinajstić information content (AvgIpc) is 1.96. The van der Waals surface area contributed by atoms with Crippen LogP contribution in [0.1, 0.15) is 27.2 Å². The molecule has 0 saturated heterocycles. The SMILES string of the molecule is C\C=C/N=N\C=C/CC(C)C. The van der Waals surface area contributed by atoms with Gasteiger partial charge in [-0.2, -0.15) is 10.2 Å². The standard InChI is InChI=1S/C9H16N2/c1-4-7-10-11-8-5-6-9(2)3/h4-5,7-9H,6H2,1-3H3/b7-4-,8-5-,11-10-. The smallest absolute Gasteiger partial charge is 0.0455 e. The highest BCUT2D eigenvalue weighted by Crippen LogP contribution is 1.99. The number of hydrogen-bond acceptors (Lipinski definition) is 2. The molecule has 0 aromatic carbocycles. The van der Waals surface area contributed by atoms with Crippen LogP contribution >= 0.6 is 0 Å². The third-order valence-corrected chi connectivity index (χ3v) is 1.06. The first kappa shape index (κ1) is 10.1. The highest BCUT2D eigenvalue weighted by Gasteiger charge is 1.85. The topological polar surface area (TPSA) is 24.7 Å². The molecule has 0 rings (SSSR count). The zero-order valence-corrected chi connectivity index (χ0v) is 7.49. The highest BCUT2D eigenvalue weighted by atomic mass is 15.1. The molecule has 2 nitrogen and oxygen atoms in total. The number of nitrogens with zero attached hydrogens (tertiary/aromatic N) is 2. The minimum atomic E-state index is 0.697. The highest BCUT2D eigenvalue weighted by molar-refractivity contribution is 4.81. The molecule has 0 N–H and O–H groups in total. The molecule has 0 saturated carbocycles. The van der Waals surface area contributed by atoms with Crippen LogP contribution in [0.5, 0.6) is 0 Å². The Morgan fingerprint density at radius 3 is 2.36 bits per heavy atom. The molecule has 0 atom stereocenters. The molecule has 2 heteroatoms. The van der Waals surface area contributed by atoms with E-state index in [0.717, 1.165) is 6.42 Å². The molecule has 0 aromatic rings. The van der Waals surface area contributed by atoms with Crippen LogP contribution in [0, 0.1) is 5.92 Å². The summed E-state index contributed by atoms with van der Waals surface area (Å²) in [4.78, 5) is 0. The summed E-state index contributed by atoms with van der Waals surface area (Å²) >= 11 is 0. The molecule has 0 amide bonds. The summed E-state index contributed by atoms with van der Waals surface area (Å²) in [7, 11) is 0. The lowest BCUT2D eigenvalue weighted by atomic mass is 10.1. The van der Waals surface area contributed by atoms with Crippen LogP contribution in [0.3, 0.4) is 0 Å². The van der Waals surface area contributed by atoms with Crippen LogP contribution in [-0.2, 0) is 0 Å². The monoisotopic (exact) mass is 152 g/mol. The van der Waals surface area contributed by atoms with Crippen LogP contribution in [-0.4, -0.2) is 0 Å². The summed E-state index contributed by atoms with van der Waals surface area (Å²) in [5.41, 5.74) is 0. The van der Waals surface area contributed by atoms with Gasteiger partial charge in [0.15, 0.2) is 0 Å². The first-order valence-electron chi connectivity index (χ1n) is 3.93. The fourth-order valence-corrected chi connectivity index (χ4v) is 0.524. The second-order valence-electron chi connectivity index (χ2n) is 2.73. The Hall–Kier alpha value is -0.920. The number of allylic oxidation sites excluding steroid dienone is 2. The first-order chi connectivity index (χ1) is 5.27. The van der Waals surface area contributed by atoms with Crippen LogP contribution in [0.15, 0.2) is 34.8 Å². The van der Waals surface area contributed by atoms with Crippen molar-refractivity contribution in [2.75, 3.05) is 0 Å². The van der Waals surface area contributed by atoms with Gasteiger partial charge in [-0.1, -0.05) is 26.0 Å². The van der Waals surface area contributed by atoms with Crippen molar-refractivity contribution in [3.05, 3.63) is 24.6 Å². The van der Waals surface area contributed by atoms with Gasteiger partial charge >= 0.3 is 0 Å². The van der Waals surface area contributed by atoms with Gasteiger partial charge in [0.2, 0.25) is 0 Å². The Morgan fingerprint density at radius 2 is 1.82 bits per heavy atom. The summed E-state index contributed by atoms with van der Waals surface area (Å²) in [6.07, 6.45) is 8.34. The molecule has 0 aliphatic rings. The molecular formula is C9H16N2. The maximum atomic E-state index is 3.79. The van der Waals surface area contributed by atoms with Crippen LogP contribution < -0.4 is 0 Å². The molecule has 0 fully saturated rings. The summed E-state index contributed by atoms with van der Waals surface area (Å²) in [5, 5.41) is 7.54. The van der Waals surface area contributed by atoms with Crippen LogP contribution in [0.2, 0.25) is 0 Å². The van der Waals surface area contributed by atoms with E-state index in [4.69, 9.17) is 0 Å². The van der Waals surface area contributed by atoms with E-state index in [9.17, 15) is 0 Å². The second kappa shape index (κ2) is 7.19. The van der Waals surface area contributed by atoms with Crippen LogP contribution in [0.25, 0.3) is 0 Å². The number of hydrogen-bond donors (Lipinski definition) is 0. The molecule has 0 radical (unpaired) electrons. The maximum absolute atomic E-state index is 3.79. The van der Waals surface area contributed by atoms with E-state index >= 15 is 0 Å². The predicted molar refractivity (Wildman–Crippen MR) is 48.3 cm³/mol. The van der Waals surface area contributed by atoms with E-state index in [2.05, 4.69) is 24.1 Å². The van der Waals surface area contributed by atoms with Crippen molar-refractivity contribution in [2.24, 2.45) is 16.1 Å². The molecule has 62 valence electrons. The maximum Gasteiger partial charge on any atom is 0.0455 e. The van der Waals surface area contributed by atoms with Gasteiger partial charge in [-0.25, -0.2) is 0 Å². The van der Waals surface area contributed by atoms with Crippen molar-refractivity contribution >= 4 is 0 Å². The lowest BCUT2D eigenvalue weighted by Gasteiger charge is -1.93. The largest absolute Gasteiger partial charge is 0.160 e. The van der Waals surface area contributed by atoms with Crippen molar-refractivity contribution in [2.45, 2.75) is 27.2 Å². The predicted octanol–water partition coefficient (Wildman–Crippen LogP) is 3.53. The molecule has 11 heavy (non-hydrogen) atoms. The van der Waals surface area contributed by atoms with Gasteiger partial charge < -0.3 is 0 Å². The molecule has 0 aliphatic heterocycles. The molecule has 0 heterocycles. The van der Waals surface area contributed by atoms with Crippen molar-refractivity contribution in [1.29, 1.82) is 0 Å². The van der Waals surface area contributed by atoms with Crippen molar-refractivity contribution in [3.8, 4) is 0 Å². The fourth-order valence-electron chi connectivity index (χ4n) is 0.524. The van der Waals surface area contributed by atoms with Gasteiger partial charge in [-0.15, -0.1) is 0 Å². The van der Waals surface area contributed by atoms with E-state index in [1.807, 2.05) is 19.1 Å². The Labute approximate surface area is 68.7 Å². The van der Waals surface area contributed by atoms with Crippen LogP contribution in [0.4, 0.5) is 0 Å². The molecular weight excluding hydrogens is 136 g/mol. The number of azo groups is 1. The molecule has 0 aliphatic carbocycles. The summed E-state index contributed by atoms with van der Waals surface area (Å²) in [6, 6.07) is 0. The quantitative estimate of drug-likeness (QED) is 0.550. The van der Waals surface area contributed by atoms with E-state index in [1.54, 1.807) is 12.4 Å². The van der Waals surface area contributed by atoms with E-state index in [1.165, 1.54) is 0 Å². The van der Waals surface area contributed by atoms with Gasteiger partial charge in [0.1, 0.15) is 0 Å². The Bertz CT molecular complexity index is 155. The Kier molecular flexibility index (Phi) is 6.59. The van der Waals surface area contributed by atoms with Gasteiger partial charge in [0, 0.05) is 12.4 Å². The fraction of sp³-hybridized carbons (Fsp3) is 0.556. The summed E-state index contributed by atoms with van der Waals surface area (Å²) in [5.74, 6) is 0.697. The molecule has 0 spiro atoms. The van der Waals surface area contributed by atoms with Gasteiger partial charge in [0.25, 0.3) is 0 Å².